The van der Waals surface area contributed by atoms with Gasteiger partial charge in [-0.1, -0.05) is 19.1 Å². The highest BCUT2D eigenvalue weighted by Gasteiger charge is 2.23. The predicted molar refractivity (Wildman–Crippen MR) is 118 cm³/mol. The minimum Gasteiger partial charge on any atom is -0.491 e. The van der Waals surface area contributed by atoms with Gasteiger partial charge in [0.25, 0.3) is 5.56 Å². The highest BCUT2D eigenvalue weighted by Crippen LogP contribution is 2.21. The van der Waals surface area contributed by atoms with Crippen LogP contribution in [0.5, 0.6) is 0 Å². The number of pyridine rings is 1. The normalized spacial score (nSPS) is 18.4. The maximum atomic E-state index is 12.7. The first-order valence-corrected chi connectivity index (χ1v) is 10.7. The lowest BCUT2D eigenvalue weighted by Gasteiger charge is -2.35. The summed E-state index contributed by atoms with van der Waals surface area (Å²) in [5.74, 6) is 0.895. The second-order valence-corrected chi connectivity index (χ2v) is 7.68. The fourth-order valence-electron chi connectivity index (χ4n) is 3.53. The summed E-state index contributed by atoms with van der Waals surface area (Å²) in [7, 11) is 0. The second kappa shape index (κ2) is 11.8. The summed E-state index contributed by atoms with van der Waals surface area (Å²) in [6.45, 7) is 9.86. The van der Waals surface area contributed by atoms with Crippen LogP contribution in [-0.4, -0.2) is 34.7 Å². The summed E-state index contributed by atoms with van der Waals surface area (Å²) < 4.78 is 20.0. The Balaban J connectivity index is 1.96. The lowest BCUT2D eigenvalue weighted by Crippen LogP contribution is -2.41. The van der Waals surface area contributed by atoms with Crippen LogP contribution in [0.15, 0.2) is 53.2 Å². The number of aromatic nitrogens is 1. The van der Waals surface area contributed by atoms with Crippen molar-refractivity contribution in [3.05, 3.63) is 64.3 Å². The van der Waals surface area contributed by atoms with Crippen molar-refractivity contribution in [3.8, 4) is 0 Å². The number of rotatable bonds is 9. The van der Waals surface area contributed by atoms with Crippen LogP contribution in [-0.2, 0) is 11.5 Å². The molecule has 29 heavy (non-hydrogen) atoms. The average molecular weight is 403 g/mol. The van der Waals surface area contributed by atoms with Crippen molar-refractivity contribution in [2.24, 2.45) is 0 Å². The lowest BCUT2D eigenvalue weighted by molar-refractivity contribution is 0.0416. The topological polar surface area (TPSA) is 34.5 Å². The lowest BCUT2D eigenvalue weighted by atomic mass is 10.0. The zero-order valence-electron chi connectivity index (χ0n) is 18.2. The van der Waals surface area contributed by atoms with E-state index in [0.717, 1.165) is 47.4 Å². The van der Waals surface area contributed by atoms with E-state index in [0.29, 0.717) is 12.5 Å². The van der Waals surface area contributed by atoms with Crippen molar-refractivity contribution < 1.29 is 9.13 Å². The third kappa shape index (κ3) is 7.00. The van der Waals surface area contributed by atoms with E-state index < -0.39 is 6.80 Å². The summed E-state index contributed by atoms with van der Waals surface area (Å²) in [5.41, 5.74) is 1.49. The Morgan fingerprint density at radius 3 is 2.66 bits per heavy atom. The van der Waals surface area contributed by atoms with Gasteiger partial charge in [0.1, 0.15) is 11.9 Å². The van der Waals surface area contributed by atoms with Gasteiger partial charge in [-0.15, -0.1) is 0 Å². The molecule has 2 heterocycles. The van der Waals surface area contributed by atoms with Crippen LogP contribution in [0.1, 0.15) is 58.9 Å². The molecule has 1 saturated heterocycles. The molecule has 1 aliphatic heterocycles. The fraction of sp³-hybridized carbons (Fsp3) is 0.542. The summed E-state index contributed by atoms with van der Waals surface area (Å²) in [6.07, 6.45) is 13.9. The molecule has 0 spiro atoms. The molecule has 160 valence electrons. The number of hydrogen-bond donors (Lipinski definition) is 0. The zero-order chi connectivity index (χ0) is 21.2. The summed E-state index contributed by atoms with van der Waals surface area (Å²) in [5, 5.41) is 0. The molecular formula is C24H35FN2O2. The van der Waals surface area contributed by atoms with Crippen LogP contribution in [0, 0.1) is 0 Å². The van der Waals surface area contributed by atoms with E-state index in [1.807, 2.05) is 26.0 Å². The monoisotopic (exact) mass is 402 g/mol. The van der Waals surface area contributed by atoms with Gasteiger partial charge in [-0.25, -0.2) is 4.39 Å². The van der Waals surface area contributed by atoms with Crippen LogP contribution >= 0.6 is 0 Å². The van der Waals surface area contributed by atoms with E-state index in [1.54, 1.807) is 6.07 Å². The molecule has 4 nitrogen and oxygen atoms in total. The van der Waals surface area contributed by atoms with E-state index in [1.165, 1.54) is 18.7 Å². The molecule has 5 heteroatoms. The summed E-state index contributed by atoms with van der Waals surface area (Å²) in [6, 6.07) is 3.88. The number of piperidine rings is 1. The Morgan fingerprint density at radius 1 is 1.34 bits per heavy atom. The Kier molecular flexibility index (Phi) is 9.39. The van der Waals surface area contributed by atoms with Gasteiger partial charge < -0.3 is 9.64 Å². The number of hydrogen-bond acceptors (Lipinski definition) is 3. The molecule has 2 rings (SSSR count). The number of likely N-dealkylation sites (tertiary alicyclic amines) is 1. The molecule has 1 aromatic heterocycles. The molecule has 0 saturated carbocycles. The van der Waals surface area contributed by atoms with Crippen molar-refractivity contribution in [2.45, 2.75) is 72.3 Å². The summed E-state index contributed by atoms with van der Waals surface area (Å²) in [4.78, 5) is 14.3. The first kappa shape index (κ1) is 23.1. The van der Waals surface area contributed by atoms with Gasteiger partial charge in [-0.3, -0.25) is 9.36 Å². The van der Waals surface area contributed by atoms with E-state index in [-0.39, 0.29) is 11.7 Å². The number of allylic oxidation sites excluding steroid dienone is 5. The average Bonchev–Trinajstić information content (AvgIpc) is 2.73. The SMILES string of the molecule is C/C=C\C(=CC/C=C(\C)c1ccn(CF)c(=O)c1)OC1CCN(C(C)CC)CC1. The van der Waals surface area contributed by atoms with Crippen LogP contribution in [0.2, 0.25) is 0 Å². The van der Waals surface area contributed by atoms with Crippen molar-refractivity contribution in [2.75, 3.05) is 13.1 Å². The first-order chi connectivity index (χ1) is 14.0. The number of halogens is 1. The zero-order valence-corrected chi connectivity index (χ0v) is 18.2. The molecule has 1 fully saturated rings. The van der Waals surface area contributed by atoms with E-state index in [4.69, 9.17) is 4.74 Å². The third-order valence-corrected chi connectivity index (χ3v) is 5.65. The smallest absolute Gasteiger partial charge is 0.253 e. The molecule has 0 aliphatic carbocycles. The molecule has 0 aromatic carbocycles. The van der Waals surface area contributed by atoms with Gasteiger partial charge in [0.2, 0.25) is 0 Å². The molecule has 1 aliphatic rings. The minimum absolute atomic E-state index is 0.260. The first-order valence-electron chi connectivity index (χ1n) is 10.7. The number of nitrogens with zero attached hydrogens (tertiary/aromatic N) is 2. The van der Waals surface area contributed by atoms with Crippen molar-refractivity contribution in [1.82, 2.24) is 9.47 Å². The standard InChI is InChI=1S/C24H35FN2O2/c1-5-8-22(29-23-12-15-26(16-13-23)20(4)6-2)10-7-9-19(3)21-11-14-27(18-25)24(28)17-21/h5,8-11,14,17,20,23H,6-7,12-13,15-16,18H2,1-4H3/b8-5-,19-9+,22-10?. The highest BCUT2D eigenvalue weighted by molar-refractivity contribution is 5.63. The molecule has 0 radical (unpaired) electrons. The second-order valence-electron chi connectivity index (χ2n) is 7.68. The van der Waals surface area contributed by atoms with Gasteiger partial charge in [-0.05, 0) is 75.8 Å². The summed E-state index contributed by atoms with van der Waals surface area (Å²) >= 11 is 0. The maximum absolute atomic E-state index is 12.7. The van der Waals surface area contributed by atoms with E-state index in [9.17, 15) is 9.18 Å². The molecule has 0 amide bonds. The van der Waals surface area contributed by atoms with Crippen LogP contribution in [0.4, 0.5) is 4.39 Å². The van der Waals surface area contributed by atoms with Crippen LogP contribution < -0.4 is 5.56 Å². The molecule has 1 unspecified atom stereocenters. The highest BCUT2D eigenvalue weighted by atomic mass is 19.1. The molecule has 0 N–H and O–H groups in total. The Labute approximate surface area is 174 Å². The Morgan fingerprint density at radius 2 is 2.07 bits per heavy atom. The van der Waals surface area contributed by atoms with Crippen molar-refractivity contribution in [3.63, 3.8) is 0 Å². The molecule has 1 atom stereocenters. The van der Waals surface area contributed by atoms with E-state index in [2.05, 4.69) is 30.9 Å². The van der Waals surface area contributed by atoms with Gasteiger partial charge in [-0.2, -0.15) is 0 Å². The quantitative estimate of drug-likeness (QED) is 0.415. The van der Waals surface area contributed by atoms with Crippen molar-refractivity contribution >= 4 is 5.57 Å². The van der Waals surface area contributed by atoms with E-state index >= 15 is 0 Å². The number of alkyl halides is 1. The molecule has 0 bridgehead atoms. The predicted octanol–water partition coefficient (Wildman–Crippen LogP) is 5.31. The number of ether oxygens (including phenoxy) is 1. The Bertz CT molecular complexity index is 786. The van der Waals surface area contributed by atoms with Crippen LogP contribution in [0.3, 0.4) is 0 Å². The van der Waals surface area contributed by atoms with Crippen molar-refractivity contribution in [1.29, 1.82) is 0 Å². The van der Waals surface area contributed by atoms with Gasteiger partial charge in [0.05, 0.1) is 0 Å². The molecule has 1 aromatic rings. The van der Waals surface area contributed by atoms with Gasteiger partial charge in [0, 0.05) is 31.4 Å². The van der Waals surface area contributed by atoms with Gasteiger partial charge in [0.15, 0.2) is 6.80 Å². The maximum Gasteiger partial charge on any atom is 0.253 e. The Hall–Kier alpha value is -2.14. The van der Waals surface area contributed by atoms with Crippen LogP contribution in [0.25, 0.3) is 5.57 Å². The molecular weight excluding hydrogens is 367 g/mol. The minimum atomic E-state index is -0.801. The van der Waals surface area contributed by atoms with Gasteiger partial charge >= 0.3 is 0 Å². The fourth-order valence-corrected chi connectivity index (χ4v) is 3.53. The third-order valence-electron chi connectivity index (χ3n) is 5.65. The largest absolute Gasteiger partial charge is 0.491 e.